The minimum atomic E-state index is -0.0832. The molecule has 0 aliphatic carbocycles. The monoisotopic (exact) mass is 420 g/mol. The molecule has 0 spiro atoms. The number of carbonyl (C=O) groups is 2. The molecule has 1 saturated heterocycles. The van der Waals surface area contributed by atoms with E-state index in [4.69, 9.17) is 21.1 Å². The molecule has 0 unspecified atom stereocenters. The number of benzene rings is 1. The zero-order valence-corrected chi connectivity index (χ0v) is 16.9. The second-order valence-electron chi connectivity index (χ2n) is 6.89. The summed E-state index contributed by atoms with van der Waals surface area (Å²) in [6.07, 6.45) is 2.22. The predicted octanol–water partition coefficient (Wildman–Crippen LogP) is 3.60. The number of hydrogen-bond acceptors (Lipinski definition) is 5. The molecule has 2 aliphatic rings. The van der Waals surface area contributed by atoms with Gasteiger partial charge in [0.25, 0.3) is 11.8 Å². The van der Waals surface area contributed by atoms with Crippen molar-refractivity contribution in [2.24, 2.45) is 0 Å². The summed E-state index contributed by atoms with van der Waals surface area (Å²) in [4.78, 5) is 26.9. The summed E-state index contributed by atoms with van der Waals surface area (Å²) < 4.78 is 11.3. The minimum absolute atomic E-state index is 0.0549. The molecular weight excluding hydrogens is 400 g/mol. The molecule has 0 saturated carbocycles. The number of nitrogens with one attached hydrogen (secondary N) is 1. The van der Waals surface area contributed by atoms with E-state index >= 15 is 0 Å². The third-order valence-corrected chi connectivity index (χ3v) is 5.91. The second kappa shape index (κ2) is 8.41. The van der Waals surface area contributed by atoms with Crippen molar-refractivity contribution < 1.29 is 19.1 Å². The highest BCUT2D eigenvalue weighted by molar-refractivity contribution is 7.08. The summed E-state index contributed by atoms with van der Waals surface area (Å²) in [6, 6.07) is 5.23. The quantitative estimate of drug-likeness (QED) is 0.823. The van der Waals surface area contributed by atoms with E-state index in [0.717, 1.165) is 19.3 Å². The molecule has 148 valence electrons. The number of halogens is 1. The van der Waals surface area contributed by atoms with Gasteiger partial charge in [-0.15, -0.1) is 0 Å². The van der Waals surface area contributed by atoms with Gasteiger partial charge in [-0.05, 0) is 36.4 Å². The number of thiophene rings is 1. The molecule has 2 aromatic rings. The lowest BCUT2D eigenvalue weighted by molar-refractivity contribution is 0.0697. The first-order valence-electron chi connectivity index (χ1n) is 9.33. The largest absolute Gasteiger partial charge is 0.489 e. The zero-order valence-electron chi connectivity index (χ0n) is 15.3. The van der Waals surface area contributed by atoms with Crippen molar-refractivity contribution in [2.45, 2.75) is 25.3 Å². The number of amides is 2. The third-order valence-electron chi connectivity index (χ3n) is 4.95. The molecule has 1 fully saturated rings. The fourth-order valence-corrected chi connectivity index (χ4v) is 4.33. The number of nitrogens with zero attached hydrogens (tertiary/aromatic N) is 1. The lowest BCUT2D eigenvalue weighted by Crippen LogP contribution is -2.46. The Morgan fingerprint density at radius 1 is 1.14 bits per heavy atom. The van der Waals surface area contributed by atoms with Gasteiger partial charge < -0.3 is 19.7 Å². The molecule has 3 heterocycles. The number of likely N-dealkylation sites (tertiary alicyclic amines) is 1. The Bertz CT molecular complexity index is 863. The lowest BCUT2D eigenvalue weighted by atomic mass is 10.0. The number of fused-ring (bicyclic) bond motifs is 1. The van der Waals surface area contributed by atoms with Crippen LogP contribution in [-0.2, 0) is 0 Å². The first kappa shape index (κ1) is 19.1. The molecule has 4 rings (SSSR count). The molecule has 0 atom stereocenters. The first-order valence-corrected chi connectivity index (χ1v) is 10.7. The molecule has 1 aromatic heterocycles. The maximum Gasteiger partial charge on any atom is 0.254 e. The number of hydrogen-bond donors (Lipinski definition) is 1. The van der Waals surface area contributed by atoms with Crippen LogP contribution in [0.25, 0.3) is 0 Å². The van der Waals surface area contributed by atoms with Crippen LogP contribution >= 0.6 is 22.9 Å². The highest BCUT2D eigenvalue weighted by Crippen LogP contribution is 2.38. The Balaban J connectivity index is 1.38. The van der Waals surface area contributed by atoms with E-state index in [1.165, 1.54) is 11.3 Å². The van der Waals surface area contributed by atoms with Crippen LogP contribution in [0.2, 0.25) is 5.02 Å². The smallest absolute Gasteiger partial charge is 0.254 e. The fraction of sp³-hybridized carbons (Fsp3) is 0.400. The Labute approximate surface area is 172 Å². The Hall–Kier alpha value is -2.25. The molecule has 1 N–H and O–H groups in total. The minimum Gasteiger partial charge on any atom is -0.489 e. The maximum absolute atomic E-state index is 12.9. The number of carbonyl (C=O) groups excluding carboxylic acids is 2. The summed E-state index contributed by atoms with van der Waals surface area (Å²) in [5.41, 5.74) is 1.18. The van der Waals surface area contributed by atoms with E-state index in [1.54, 1.807) is 17.0 Å². The van der Waals surface area contributed by atoms with Gasteiger partial charge in [-0.1, -0.05) is 11.6 Å². The molecule has 6 nitrogen and oxygen atoms in total. The van der Waals surface area contributed by atoms with E-state index < -0.39 is 0 Å². The number of rotatable bonds is 3. The first-order chi connectivity index (χ1) is 13.6. The van der Waals surface area contributed by atoms with Crippen molar-refractivity contribution in [3.8, 4) is 11.5 Å². The lowest BCUT2D eigenvalue weighted by Gasteiger charge is -2.32. The average molecular weight is 421 g/mol. The van der Waals surface area contributed by atoms with Gasteiger partial charge in [0.05, 0.1) is 18.2 Å². The molecule has 0 bridgehead atoms. The van der Waals surface area contributed by atoms with Crippen molar-refractivity contribution in [1.82, 2.24) is 10.2 Å². The van der Waals surface area contributed by atoms with Gasteiger partial charge in [0.1, 0.15) is 0 Å². The summed E-state index contributed by atoms with van der Waals surface area (Å²) >= 11 is 7.81. The van der Waals surface area contributed by atoms with Crippen molar-refractivity contribution in [1.29, 1.82) is 0 Å². The highest BCUT2D eigenvalue weighted by atomic mass is 35.5. The van der Waals surface area contributed by atoms with Crippen LogP contribution in [0.1, 0.15) is 40.0 Å². The van der Waals surface area contributed by atoms with E-state index in [-0.39, 0.29) is 17.9 Å². The van der Waals surface area contributed by atoms with Crippen LogP contribution in [0.5, 0.6) is 11.5 Å². The summed E-state index contributed by atoms with van der Waals surface area (Å²) in [6.45, 7) is 2.25. The van der Waals surface area contributed by atoms with Gasteiger partial charge in [0, 0.05) is 42.1 Å². The number of piperidine rings is 1. The van der Waals surface area contributed by atoms with Gasteiger partial charge in [-0.3, -0.25) is 9.59 Å². The SMILES string of the molecule is O=C(NC1CCN(C(=O)c2cc(Cl)c3c(c2)OCCCO3)CC1)c1ccsc1. The Morgan fingerprint density at radius 3 is 2.68 bits per heavy atom. The van der Waals surface area contributed by atoms with Crippen molar-refractivity contribution in [2.75, 3.05) is 26.3 Å². The third kappa shape index (κ3) is 4.10. The van der Waals surface area contributed by atoms with Crippen LogP contribution in [0.15, 0.2) is 29.0 Å². The molecule has 28 heavy (non-hydrogen) atoms. The van der Waals surface area contributed by atoms with Crippen molar-refractivity contribution in [3.63, 3.8) is 0 Å². The summed E-state index contributed by atoms with van der Waals surface area (Å²) in [5, 5.41) is 7.16. The molecule has 8 heteroatoms. The van der Waals surface area contributed by atoms with Crippen LogP contribution in [0.4, 0.5) is 0 Å². The summed E-state index contributed by atoms with van der Waals surface area (Å²) in [7, 11) is 0. The average Bonchev–Trinajstić information content (AvgIpc) is 3.14. The molecule has 1 aromatic carbocycles. The van der Waals surface area contributed by atoms with Gasteiger partial charge in [0.15, 0.2) is 11.5 Å². The van der Waals surface area contributed by atoms with E-state index in [2.05, 4.69) is 5.32 Å². The number of ether oxygens (including phenoxy) is 2. The van der Waals surface area contributed by atoms with Crippen molar-refractivity contribution in [3.05, 3.63) is 45.1 Å². The molecule has 2 aliphatic heterocycles. The molecular formula is C20H21ClN2O4S. The van der Waals surface area contributed by atoms with Gasteiger partial charge in [0.2, 0.25) is 0 Å². The van der Waals surface area contributed by atoms with Crippen LogP contribution < -0.4 is 14.8 Å². The maximum atomic E-state index is 12.9. The van der Waals surface area contributed by atoms with Gasteiger partial charge in [-0.25, -0.2) is 0 Å². The van der Waals surface area contributed by atoms with E-state index in [1.807, 2.05) is 16.8 Å². The van der Waals surface area contributed by atoms with Crippen LogP contribution in [-0.4, -0.2) is 49.1 Å². The van der Waals surface area contributed by atoms with Crippen molar-refractivity contribution >= 4 is 34.8 Å². The molecule has 2 amide bonds. The van der Waals surface area contributed by atoms with Gasteiger partial charge in [-0.2, -0.15) is 11.3 Å². The van der Waals surface area contributed by atoms with Crippen LogP contribution in [0, 0.1) is 0 Å². The second-order valence-corrected chi connectivity index (χ2v) is 8.08. The Morgan fingerprint density at radius 2 is 1.93 bits per heavy atom. The normalized spacial score (nSPS) is 17.1. The Kier molecular flexibility index (Phi) is 5.73. The van der Waals surface area contributed by atoms with Crippen LogP contribution in [0.3, 0.4) is 0 Å². The van der Waals surface area contributed by atoms with E-state index in [0.29, 0.717) is 54.0 Å². The standard InChI is InChI=1S/C20H21ClN2O4S/c21-16-10-14(11-17-18(16)27-8-1-7-26-17)20(25)23-5-2-15(3-6-23)22-19(24)13-4-9-28-12-13/h4,9-12,15H,1-3,5-8H2,(H,22,24). The van der Waals surface area contributed by atoms with Gasteiger partial charge >= 0.3 is 0 Å². The molecule has 0 radical (unpaired) electrons. The van der Waals surface area contributed by atoms with E-state index in [9.17, 15) is 9.59 Å². The fourth-order valence-electron chi connectivity index (χ4n) is 3.43. The zero-order chi connectivity index (χ0) is 19.5. The predicted molar refractivity (Wildman–Crippen MR) is 108 cm³/mol. The topological polar surface area (TPSA) is 67.9 Å². The summed E-state index contributed by atoms with van der Waals surface area (Å²) in [5.74, 6) is 0.887. The highest BCUT2D eigenvalue weighted by Gasteiger charge is 2.27.